The summed E-state index contributed by atoms with van der Waals surface area (Å²) >= 11 is 0. The first-order chi connectivity index (χ1) is 23.0. The number of H-pyrrole nitrogens is 1. The van der Waals surface area contributed by atoms with E-state index in [2.05, 4.69) is 70.8 Å². The van der Waals surface area contributed by atoms with Gasteiger partial charge in [-0.25, -0.2) is 9.38 Å². The Bertz CT molecular complexity index is 2110. The van der Waals surface area contributed by atoms with E-state index in [1.165, 1.54) is 17.7 Å². The van der Waals surface area contributed by atoms with E-state index < -0.39 is 12.6 Å². The minimum absolute atomic E-state index is 0.0309. The minimum Gasteiger partial charge on any atom is -0.354 e. The zero-order valence-electron chi connectivity index (χ0n) is 29.1. The fraction of sp³-hybridized carbons (Fsp3) is 0.279. The van der Waals surface area contributed by atoms with Crippen LogP contribution in [0.25, 0.3) is 33.2 Å². The molecule has 4 aromatic carbocycles. The molecule has 0 amide bonds. The molecular weight excluding hydrogens is 620 g/mol. The van der Waals surface area contributed by atoms with Gasteiger partial charge in [0.15, 0.2) is 0 Å². The summed E-state index contributed by atoms with van der Waals surface area (Å²) in [6, 6.07) is 28.7. The molecule has 0 atom stereocenters. The van der Waals surface area contributed by atoms with Crippen LogP contribution in [0.5, 0.6) is 0 Å². The van der Waals surface area contributed by atoms with E-state index in [9.17, 15) is 17.6 Å². The molecule has 252 valence electrons. The smallest absolute Gasteiger partial charge is 0.354 e. The number of hydrogen-bond donors (Lipinski definition) is 1. The highest BCUT2D eigenvalue weighted by atomic mass is 19.4. The number of aryl methyl sites for hydroxylation is 1. The summed E-state index contributed by atoms with van der Waals surface area (Å²) in [6.45, 7) is 14.8. The number of allylic oxidation sites excluding steroid dienone is 3. The molecule has 0 saturated heterocycles. The first-order valence-electron chi connectivity index (χ1n) is 16.7. The Balaban J connectivity index is 1.61. The lowest BCUT2D eigenvalue weighted by molar-refractivity contribution is -0.133. The van der Waals surface area contributed by atoms with Crippen LogP contribution in [0.15, 0.2) is 108 Å². The number of alkyl halides is 3. The quantitative estimate of drug-likeness (QED) is 0.175. The van der Waals surface area contributed by atoms with Crippen molar-refractivity contribution in [2.24, 2.45) is 4.99 Å². The molecule has 0 bridgehead atoms. The molecule has 0 unspecified atom stereocenters. The Morgan fingerprint density at radius 2 is 1.29 bits per heavy atom. The molecule has 2 nitrogen and oxygen atoms in total. The van der Waals surface area contributed by atoms with Crippen LogP contribution in [-0.2, 0) is 10.8 Å². The van der Waals surface area contributed by atoms with Gasteiger partial charge in [-0.1, -0.05) is 114 Å². The molecule has 1 N–H and O–H groups in total. The molecule has 6 rings (SSSR count). The number of nitrogens with one attached hydrogen (secondary N) is 1. The second-order valence-electron chi connectivity index (χ2n) is 15.0. The Hall–Kier alpha value is -4.71. The van der Waals surface area contributed by atoms with E-state index in [0.29, 0.717) is 22.7 Å². The lowest BCUT2D eigenvalue weighted by Crippen LogP contribution is -2.11. The highest BCUT2D eigenvalue weighted by molar-refractivity contribution is 6.20. The van der Waals surface area contributed by atoms with Gasteiger partial charge in [-0.15, -0.1) is 0 Å². The molecular formula is C43H42F4N2. The number of hydrogen-bond acceptors (Lipinski definition) is 1. The summed E-state index contributed by atoms with van der Waals surface area (Å²) in [5.41, 5.74) is 9.29. The first-order valence-corrected chi connectivity index (χ1v) is 16.7. The van der Waals surface area contributed by atoms with Crippen LogP contribution < -0.4 is 0 Å². The number of fused-ring (bicyclic) bond motifs is 1. The lowest BCUT2D eigenvalue weighted by atomic mass is 9.85. The third kappa shape index (κ3) is 7.19. The van der Waals surface area contributed by atoms with Crippen LogP contribution in [0.1, 0.15) is 87.9 Å². The predicted octanol–water partition coefficient (Wildman–Crippen LogP) is 12.5. The highest BCUT2D eigenvalue weighted by Crippen LogP contribution is 2.44. The first kappa shape index (κ1) is 34.2. The Labute approximate surface area is 286 Å². The SMILES string of the molecule is Cc1cc(F)ccc1-c1[nH]c(/C(CCC(F)(F)F)=C2\N=C(c3ccc(C(C)(C)C)cc3)C=C2c2ccc(C(C)(C)C)cc2)c2ccccc12. The summed E-state index contributed by atoms with van der Waals surface area (Å²) in [5, 5.41) is 1.63. The van der Waals surface area contributed by atoms with Crippen molar-refractivity contribution in [2.45, 2.75) is 78.3 Å². The van der Waals surface area contributed by atoms with Gasteiger partial charge in [0, 0.05) is 39.5 Å². The maximum Gasteiger partial charge on any atom is 0.389 e. The summed E-state index contributed by atoms with van der Waals surface area (Å²) in [6.07, 6.45) is -3.66. The van der Waals surface area contributed by atoms with Gasteiger partial charge in [-0.05, 0) is 70.7 Å². The fourth-order valence-corrected chi connectivity index (χ4v) is 6.47. The molecule has 5 aromatic rings. The zero-order valence-corrected chi connectivity index (χ0v) is 29.1. The van der Waals surface area contributed by atoms with Gasteiger partial charge in [-0.2, -0.15) is 13.2 Å². The van der Waals surface area contributed by atoms with Crippen LogP contribution >= 0.6 is 0 Å². The van der Waals surface area contributed by atoms with E-state index in [-0.39, 0.29) is 23.1 Å². The Kier molecular flexibility index (Phi) is 8.81. The van der Waals surface area contributed by atoms with Gasteiger partial charge in [0.05, 0.1) is 22.8 Å². The van der Waals surface area contributed by atoms with Crippen LogP contribution in [0.3, 0.4) is 0 Å². The van der Waals surface area contributed by atoms with E-state index in [1.807, 2.05) is 61.5 Å². The standard InChI is InChI=1S/C43H42F4N2/c1-26-24-31(44)20-21-32(26)38-33-10-8-9-11-34(33)39(49-38)35(22-23-43(45,46)47)40-36(27-12-16-29(17-13-27)41(2,3)4)25-37(48-40)28-14-18-30(19-15-28)42(5,6)7/h8-21,24-25,49H,22-23H2,1-7H3/b40-35-. The summed E-state index contributed by atoms with van der Waals surface area (Å²) in [4.78, 5) is 8.66. The second kappa shape index (κ2) is 12.6. The van der Waals surface area contributed by atoms with Crippen molar-refractivity contribution in [2.75, 3.05) is 0 Å². The number of aromatic nitrogens is 1. The van der Waals surface area contributed by atoms with Crippen molar-refractivity contribution >= 4 is 27.6 Å². The van der Waals surface area contributed by atoms with Crippen LogP contribution in [0, 0.1) is 12.7 Å². The average Bonchev–Trinajstić information content (AvgIpc) is 3.63. The van der Waals surface area contributed by atoms with E-state index >= 15 is 0 Å². The highest BCUT2D eigenvalue weighted by Gasteiger charge is 2.31. The fourth-order valence-electron chi connectivity index (χ4n) is 6.47. The summed E-state index contributed by atoms with van der Waals surface area (Å²) < 4.78 is 56.2. The zero-order chi connectivity index (χ0) is 35.3. The molecule has 49 heavy (non-hydrogen) atoms. The molecule has 1 aliphatic rings. The van der Waals surface area contributed by atoms with Gasteiger partial charge in [0.2, 0.25) is 0 Å². The van der Waals surface area contributed by atoms with Gasteiger partial charge in [0.1, 0.15) is 5.82 Å². The van der Waals surface area contributed by atoms with Gasteiger partial charge in [0.25, 0.3) is 0 Å². The summed E-state index contributed by atoms with van der Waals surface area (Å²) in [7, 11) is 0. The molecule has 2 heterocycles. The number of aromatic amines is 1. The molecule has 0 saturated carbocycles. The second-order valence-corrected chi connectivity index (χ2v) is 15.0. The molecule has 0 radical (unpaired) electrons. The molecule has 0 spiro atoms. The topological polar surface area (TPSA) is 28.1 Å². The largest absolute Gasteiger partial charge is 0.389 e. The number of rotatable bonds is 6. The number of nitrogens with zero attached hydrogens (tertiary/aromatic N) is 1. The van der Waals surface area contributed by atoms with Crippen molar-refractivity contribution in [1.82, 2.24) is 4.98 Å². The van der Waals surface area contributed by atoms with E-state index in [4.69, 9.17) is 4.99 Å². The molecule has 1 aromatic heterocycles. The third-order valence-corrected chi connectivity index (χ3v) is 9.30. The molecule has 0 aliphatic carbocycles. The van der Waals surface area contributed by atoms with Gasteiger partial charge >= 0.3 is 6.18 Å². The van der Waals surface area contributed by atoms with Crippen LogP contribution in [0.4, 0.5) is 17.6 Å². The van der Waals surface area contributed by atoms with Crippen molar-refractivity contribution in [3.05, 3.63) is 142 Å². The maximum atomic E-state index is 14.1. The summed E-state index contributed by atoms with van der Waals surface area (Å²) in [5.74, 6) is -0.346. The predicted molar refractivity (Wildman–Crippen MR) is 195 cm³/mol. The van der Waals surface area contributed by atoms with Crippen LogP contribution in [0.2, 0.25) is 0 Å². The Morgan fingerprint density at radius 1 is 0.714 bits per heavy atom. The van der Waals surface area contributed by atoms with Gasteiger partial charge < -0.3 is 4.98 Å². The van der Waals surface area contributed by atoms with Crippen molar-refractivity contribution in [1.29, 1.82) is 0 Å². The Morgan fingerprint density at radius 3 is 1.84 bits per heavy atom. The lowest BCUT2D eigenvalue weighted by Gasteiger charge is -2.20. The molecule has 0 fully saturated rings. The minimum atomic E-state index is -4.38. The maximum absolute atomic E-state index is 14.1. The van der Waals surface area contributed by atoms with Crippen molar-refractivity contribution in [3.63, 3.8) is 0 Å². The monoisotopic (exact) mass is 662 g/mol. The number of halogens is 4. The van der Waals surface area contributed by atoms with E-state index in [0.717, 1.165) is 49.9 Å². The van der Waals surface area contributed by atoms with Crippen molar-refractivity contribution < 1.29 is 17.6 Å². The van der Waals surface area contributed by atoms with Crippen molar-refractivity contribution in [3.8, 4) is 11.3 Å². The third-order valence-electron chi connectivity index (χ3n) is 9.30. The molecule has 6 heteroatoms. The normalized spacial score (nSPS) is 15.1. The molecule has 1 aliphatic heterocycles. The average molecular weight is 663 g/mol. The van der Waals surface area contributed by atoms with Gasteiger partial charge in [-0.3, -0.25) is 0 Å². The van der Waals surface area contributed by atoms with E-state index in [1.54, 1.807) is 6.07 Å². The van der Waals surface area contributed by atoms with Crippen LogP contribution in [-0.4, -0.2) is 16.9 Å². The number of benzene rings is 4. The number of aliphatic imine (C=N–C) groups is 1.